The van der Waals surface area contributed by atoms with Gasteiger partial charge in [0.2, 0.25) is 0 Å². The van der Waals surface area contributed by atoms with Gasteiger partial charge in [0.15, 0.2) is 5.11 Å². The van der Waals surface area contributed by atoms with Gasteiger partial charge >= 0.3 is 0 Å². The van der Waals surface area contributed by atoms with Gasteiger partial charge in [-0.3, -0.25) is 20.2 Å². The van der Waals surface area contributed by atoms with E-state index in [2.05, 4.69) is 10.6 Å². The second-order valence-electron chi connectivity index (χ2n) is 6.75. The van der Waals surface area contributed by atoms with Gasteiger partial charge < -0.3 is 10.1 Å². The second kappa shape index (κ2) is 10.3. The largest absolute Gasteiger partial charge is 0.492 e. The minimum Gasteiger partial charge on any atom is -0.492 e. The van der Waals surface area contributed by atoms with Crippen LogP contribution >= 0.6 is 12.2 Å². The van der Waals surface area contributed by atoms with Crippen molar-refractivity contribution >= 4 is 34.6 Å². The number of hydrogen-bond acceptors (Lipinski definition) is 5. The van der Waals surface area contributed by atoms with Crippen LogP contribution in [0.15, 0.2) is 72.8 Å². The molecule has 0 aromatic heterocycles. The third kappa shape index (κ3) is 6.10. The number of carbonyl (C=O) groups is 1. The van der Waals surface area contributed by atoms with Gasteiger partial charge in [0, 0.05) is 23.7 Å². The Morgan fingerprint density at radius 2 is 1.77 bits per heavy atom. The Hall–Kier alpha value is -3.78. The molecule has 0 spiro atoms. The van der Waals surface area contributed by atoms with Crippen molar-refractivity contribution in [1.29, 1.82) is 0 Å². The summed E-state index contributed by atoms with van der Waals surface area (Å²) in [5, 5.41) is 16.5. The molecule has 7 nitrogen and oxygen atoms in total. The van der Waals surface area contributed by atoms with E-state index >= 15 is 0 Å². The molecule has 158 valence electrons. The van der Waals surface area contributed by atoms with Crippen molar-refractivity contribution in [2.24, 2.45) is 0 Å². The lowest BCUT2D eigenvalue weighted by Crippen LogP contribution is -2.34. The highest BCUT2D eigenvalue weighted by Gasteiger charge is 2.15. The van der Waals surface area contributed by atoms with Crippen molar-refractivity contribution in [2.75, 3.05) is 11.9 Å². The summed E-state index contributed by atoms with van der Waals surface area (Å²) in [5.41, 5.74) is 2.40. The maximum absolute atomic E-state index is 12.7. The number of anilines is 1. The van der Waals surface area contributed by atoms with Gasteiger partial charge in [0.25, 0.3) is 11.6 Å². The predicted octanol–water partition coefficient (Wildman–Crippen LogP) is 4.65. The lowest BCUT2D eigenvalue weighted by Gasteiger charge is -2.13. The third-order valence-corrected chi connectivity index (χ3v) is 4.72. The van der Waals surface area contributed by atoms with E-state index in [9.17, 15) is 14.9 Å². The van der Waals surface area contributed by atoms with E-state index < -0.39 is 10.8 Å². The summed E-state index contributed by atoms with van der Waals surface area (Å²) >= 11 is 5.19. The van der Waals surface area contributed by atoms with Crippen molar-refractivity contribution < 1.29 is 14.5 Å². The molecular formula is C23H21N3O4S. The summed E-state index contributed by atoms with van der Waals surface area (Å²) in [6.07, 6.45) is 0.711. The molecule has 0 bridgehead atoms. The Bertz CT molecular complexity index is 1100. The van der Waals surface area contributed by atoms with Gasteiger partial charge in [-0.15, -0.1) is 0 Å². The molecule has 0 saturated heterocycles. The van der Waals surface area contributed by atoms with Gasteiger partial charge in [-0.1, -0.05) is 48.5 Å². The first-order valence-electron chi connectivity index (χ1n) is 9.57. The number of para-hydroxylation sites is 1. The quantitative estimate of drug-likeness (QED) is 0.319. The van der Waals surface area contributed by atoms with Crippen molar-refractivity contribution in [3.63, 3.8) is 0 Å². The molecule has 8 heteroatoms. The maximum Gasteiger partial charge on any atom is 0.274 e. The minimum absolute atomic E-state index is 0.0299. The molecular weight excluding hydrogens is 414 g/mol. The summed E-state index contributed by atoms with van der Waals surface area (Å²) in [6.45, 7) is 2.07. The van der Waals surface area contributed by atoms with Gasteiger partial charge in [-0.05, 0) is 42.9 Å². The maximum atomic E-state index is 12.7. The number of nitrogens with one attached hydrogen (secondary N) is 2. The molecule has 3 aromatic carbocycles. The van der Waals surface area contributed by atoms with Crippen LogP contribution in [0.2, 0.25) is 0 Å². The Morgan fingerprint density at radius 1 is 1.06 bits per heavy atom. The fourth-order valence-electron chi connectivity index (χ4n) is 2.92. The number of benzene rings is 3. The number of nitro groups is 1. The monoisotopic (exact) mass is 435 g/mol. The van der Waals surface area contributed by atoms with Gasteiger partial charge in [0.1, 0.15) is 5.75 Å². The van der Waals surface area contributed by atoms with E-state index in [-0.39, 0.29) is 10.8 Å². The average Bonchev–Trinajstić information content (AvgIpc) is 2.76. The summed E-state index contributed by atoms with van der Waals surface area (Å²) in [7, 11) is 0. The van der Waals surface area contributed by atoms with Crippen LogP contribution in [0.1, 0.15) is 21.5 Å². The highest BCUT2D eigenvalue weighted by molar-refractivity contribution is 7.80. The third-order valence-electron chi connectivity index (χ3n) is 4.51. The highest BCUT2D eigenvalue weighted by Crippen LogP contribution is 2.22. The lowest BCUT2D eigenvalue weighted by atomic mass is 10.1. The summed E-state index contributed by atoms with van der Waals surface area (Å²) in [5.74, 6) is 0.0131. The summed E-state index contributed by atoms with van der Waals surface area (Å²) in [6, 6.07) is 21.4. The predicted molar refractivity (Wildman–Crippen MR) is 124 cm³/mol. The van der Waals surface area contributed by atoms with Crippen LogP contribution in [-0.4, -0.2) is 22.5 Å². The number of nitro benzene ring substituents is 1. The Balaban J connectivity index is 1.62. The normalized spacial score (nSPS) is 10.2. The summed E-state index contributed by atoms with van der Waals surface area (Å²) in [4.78, 5) is 23.3. The van der Waals surface area contributed by atoms with Crippen molar-refractivity contribution in [2.45, 2.75) is 13.3 Å². The molecule has 1 amide bonds. The molecule has 3 rings (SSSR count). The first kappa shape index (κ1) is 21.9. The van der Waals surface area contributed by atoms with Crippen LogP contribution in [0.5, 0.6) is 5.75 Å². The standard InChI is InChI=1S/C23H21N3O4S/c1-16-11-12-18(15-20(16)26(28)29)24-23(31)25-22(27)19-9-5-6-10-21(19)30-14-13-17-7-3-2-4-8-17/h2-12,15H,13-14H2,1H3,(H2,24,25,27,31). The van der Waals surface area contributed by atoms with Crippen molar-refractivity contribution in [3.05, 3.63) is 99.6 Å². The van der Waals surface area contributed by atoms with Crippen LogP contribution < -0.4 is 15.4 Å². The zero-order valence-electron chi connectivity index (χ0n) is 16.8. The fourth-order valence-corrected chi connectivity index (χ4v) is 3.13. The topological polar surface area (TPSA) is 93.5 Å². The zero-order chi connectivity index (χ0) is 22.2. The number of thiocarbonyl (C=S) groups is 1. The summed E-state index contributed by atoms with van der Waals surface area (Å²) < 4.78 is 5.82. The zero-order valence-corrected chi connectivity index (χ0v) is 17.6. The highest BCUT2D eigenvalue weighted by atomic mass is 32.1. The first-order chi connectivity index (χ1) is 14.9. The Morgan fingerprint density at radius 3 is 2.52 bits per heavy atom. The Labute approximate surface area is 185 Å². The fraction of sp³-hybridized carbons (Fsp3) is 0.130. The van der Waals surface area contributed by atoms with E-state index in [1.807, 2.05) is 30.3 Å². The second-order valence-corrected chi connectivity index (χ2v) is 7.16. The van der Waals surface area contributed by atoms with Gasteiger partial charge in [-0.25, -0.2) is 0 Å². The van der Waals surface area contributed by atoms with Crippen LogP contribution in [0, 0.1) is 17.0 Å². The van der Waals surface area contributed by atoms with E-state index in [0.29, 0.717) is 35.6 Å². The SMILES string of the molecule is Cc1ccc(NC(=S)NC(=O)c2ccccc2OCCc2ccccc2)cc1[N+](=O)[O-]. The molecule has 0 saturated carbocycles. The van der Waals surface area contributed by atoms with E-state index in [4.69, 9.17) is 17.0 Å². The van der Waals surface area contributed by atoms with Crippen LogP contribution in [-0.2, 0) is 6.42 Å². The minimum atomic E-state index is -0.467. The average molecular weight is 436 g/mol. The van der Waals surface area contributed by atoms with E-state index in [1.54, 1.807) is 43.3 Å². The molecule has 0 aliphatic rings. The number of nitrogens with zero attached hydrogens (tertiary/aromatic N) is 1. The molecule has 0 aliphatic carbocycles. The molecule has 0 atom stereocenters. The molecule has 0 unspecified atom stereocenters. The number of carbonyl (C=O) groups excluding carboxylic acids is 1. The molecule has 2 N–H and O–H groups in total. The first-order valence-corrected chi connectivity index (χ1v) is 9.98. The number of rotatable bonds is 7. The lowest BCUT2D eigenvalue weighted by molar-refractivity contribution is -0.385. The molecule has 3 aromatic rings. The number of hydrogen-bond donors (Lipinski definition) is 2. The smallest absolute Gasteiger partial charge is 0.274 e. The van der Waals surface area contributed by atoms with Crippen LogP contribution in [0.25, 0.3) is 0 Å². The number of aryl methyl sites for hydroxylation is 1. The number of ether oxygens (including phenoxy) is 1. The van der Waals surface area contributed by atoms with Crippen molar-refractivity contribution in [3.8, 4) is 5.75 Å². The number of amides is 1. The van der Waals surface area contributed by atoms with Crippen LogP contribution in [0.3, 0.4) is 0 Å². The van der Waals surface area contributed by atoms with Crippen LogP contribution in [0.4, 0.5) is 11.4 Å². The van der Waals surface area contributed by atoms with Gasteiger partial charge in [-0.2, -0.15) is 0 Å². The Kier molecular flexibility index (Phi) is 7.29. The molecule has 0 heterocycles. The van der Waals surface area contributed by atoms with Crippen molar-refractivity contribution in [1.82, 2.24) is 5.32 Å². The van der Waals surface area contributed by atoms with Gasteiger partial charge in [0.05, 0.1) is 17.1 Å². The molecule has 0 aliphatic heterocycles. The molecule has 0 radical (unpaired) electrons. The molecule has 0 fully saturated rings. The van der Waals surface area contributed by atoms with E-state index in [0.717, 1.165) is 5.56 Å². The van der Waals surface area contributed by atoms with E-state index in [1.165, 1.54) is 6.07 Å². The molecule has 31 heavy (non-hydrogen) atoms.